The Morgan fingerprint density at radius 1 is 0.952 bits per heavy atom. The first-order valence-corrected chi connectivity index (χ1v) is 7.21. The molecular weight excluding hydrogens is 264 g/mol. The summed E-state index contributed by atoms with van der Waals surface area (Å²) in [5.74, 6) is 1.54. The number of benzene rings is 3. The molecule has 0 aromatic heterocycles. The highest BCUT2D eigenvalue weighted by Crippen LogP contribution is 2.37. The number of hydrogen-bond acceptors (Lipinski definition) is 3. The molecule has 0 saturated heterocycles. The summed E-state index contributed by atoms with van der Waals surface area (Å²) in [5, 5.41) is 4.76. The van der Waals surface area contributed by atoms with Crippen LogP contribution in [0.15, 0.2) is 48.5 Å². The number of rotatable bonds is 2. The Hall–Kier alpha value is -2.26. The summed E-state index contributed by atoms with van der Waals surface area (Å²) in [6, 6.07) is 16.8. The summed E-state index contributed by atoms with van der Waals surface area (Å²) < 4.78 is 17.1. The molecule has 0 spiro atoms. The molecule has 0 radical (unpaired) electrons. The minimum absolute atomic E-state index is 0.319. The standard InChI is InChI=1S/C18H16O3/c1-2-19-18-11-20-16-9-14-7-12-5-3-4-6-13(12)8-15(14)10-17(16)21-18/h3-10,18H,2,11H2,1H3. The molecule has 3 nitrogen and oxygen atoms in total. The van der Waals surface area contributed by atoms with Gasteiger partial charge in [-0.3, -0.25) is 0 Å². The van der Waals surface area contributed by atoms with Crippen LogP contribution in [0, 0.1) is 0 Å². The van der Waals surface area contributed by atoms with Gasteiger partial charge in [0, 0.05) is 6.61 Å². The third-order valence-corrected chi connectivity index (χ3v) is 3.75. The summed E-state index contributed by atoms with van der Waals surface area (Å²) in [7, 11) is 0. The van der Waals surface area contributed by atoms with Gasteiger partial charge in [0.15, 0.2) is 18.1 Å². The molecule has 1 aliphatic heterocycles. The number of fused-ring (bicyclic) bond motifs is 3. The van der Waals surface area contributed by atoms with Crippen molar-refractivity contribution in [2.75, 3.05) is 13.2 Å². The van der Waals surface area contributed by atoms with Gasteiger partial charge in [0.2, 0.25) is 6.29 Å². The molecule has 106 valence electrons. The lowest BCUT2D eigenvalue weighted by atomic mass is 10.0. The van der Waals surface area contributed by atoms with Crippen molar-refractivity contribution in [3.8, 4) is 11.5 Å². The van der Waals surface area contributed by atoms with E-state index in [9.17, 15) is 0 Å². The average molecular weight is 280 g/mol. The normalized spacial score (nSPS) is 17.3. The van der Waals surface area contributed by atoms with Crippen molar-refractivity contribution in [2.45, 2.75) is 13.2 Å². The molecule has 0 N–H and O–H groups in total. The Bertz CT molecular complexity index is 810. The lowest BCUT2D eigenvalue weighted by Gasteiger charge is -2.26. The van der Waals surface area contributed by atoms with Crippen molar-refractivity contribution >= 4 is 21.5 Å². The van der Waals surface area contributed by atoms with Crippen LogP contribution >= 0.6 is 0 Å². The molecule has 21 heavy (non-hydrogen) atoms. The highest BCUT2D eigenvalue weighted by atomic mass is 16.7. The van der Waals surface area contributed by atoms with E-state index in [2.05, 4.69) is 36.4 Å². The Morgan fingerprint density at radius 3 is 2.29 bits per heavy atom. The fourth-order valence-corrected chi connectivity index (χ4v) is 2.76. The van der Waals surface area contributed by atoms with Crippen LogP contribution in [0.1, 0.15) is 6.92 Å². The van der Waals surface area contributed by atoms with Crippen LogP contribution in [0.3, 0.4) is 0 Å². The second-order valence-corrected chi connectivity index (χ2v) is 5.16. The highest BCUT2D eigenvalue weighted by molar-refractivity contribution is 5.99. The fourth-order valence-electron chi connectivity index (χ4n) is 2.76. The maximum absolute atomic E-state index is 5.85. The average Bonchev–Trinajstić information content (AvgIpc) is 2.51. The number of ether oxygens (including phenoxy) is 3. The van der Waals surface area contributed by atoms with Gasteiger partial charge >= 0.3 is 0 Å². The zero-order valence-corrected chi connectivity index (χ0v) is 11.8. The van der Waals surface area contributed by atoms with Crippen molar-refractivity contribution in [3.05, 3.63) is 48.5 Å². The van der Waals surface area contributed by atoms with E-state index < -0.39 is 0 Å². The molecule has 0 amide bonds. The maximum atomic E-state index is 5.85. The summed E-state index contributed by atoms with van der Waals surface area (Å²) >= 11 is 0. The van der Waals surface area contributed by atoms with E-state index in [1.807, 2.05) is 19.1 Å². The quantitative estimate of drug-likeness (QED) is 0.661. The smallest absolute Gasteiger partial charge is 0.234 e. The Balaban J connectivity index is 1.83. The first-order valence-electron chi connectivity index (χ1n) is 7.21. The Kier molecular flexibility index (Phi) is 2.93. The molecule has 3 aromatic carbocycles. The van der Waals surface area contributed by atoms with Crippen LogP contribution in [-0.4, -0.2) is 19.5 Å². The highest BCUT2D eigenvalue weighted by Gasteiger charge is 2.21. The largest absolute Gasteiger partial charge is 0.483 e. The lowest BCUT2D eigenvalue weighted by Crippen LogP contribution is -2.31. The fraction of sp³-hybridized carbons (Fsp3) is 0.222. The SMILES string of the molecule is CCOC1COc2cc3cc4ccccc4cc3cc2O1. The first kappa shape index (κ1) is 12.5. The van der Waals surface area contributed by atoms with Gasteiger partial charge < -0.3 is 14.2 Å². The molecule has 0 saturated carbocycles. The monoisotopic (exact) mass is 280 g/mol. The van der Waals surface area contributed by atoms with Crippen molar-refractivity contribution in [1.82, 2.24) is 0 Å². The minimum Gasteiger partial charge on any atom is -0.483 e. The molecular formula is C18H16O3. The summed E-state index contributed by atoms with van der Waals surface area (Å²) in [6.45, 7) is 2.99. The molecule has 3 aromatic rings. The van der Waals surface area contributed by atoms with Gasteiger partial charge in [-0.2, -0.15) is 0 Å². The summed E-state index contributed by atoms with van der Waals surface area (Å²) in [4.78, 5) is 0. The third-order valence-electron chi connectivity index (χ3n) is 3.75. The van der Waals surface area contributed by atoms with Crippen LogP contribution in [-0.2, 0) is 4.74 Å². The maximum Gasteiger partial charge on any atom is 0.234 e. The van der Waals surface area contributed by atoms with Gasteiger partial charge in [-0.1, -0.05) is 24.3 Å². The molecule has 1 unspecified atom stereocenters. The van der Waals surface area contributed by atoms with Crippen molar-refractivity contribution in [3.63, 3.8) is 0 Å². The predicted octanol–water partition coefficient (Wildman–Crippen LogP) is 4.13. The van der Waals surface area contributed by atoms with E-state index in [-0.39, 0.29) is 6.29 Å². The Morgan fingerprint density at radius 2 is 1.62 bits per heavy atom. The van der Waals surface area contributed by atoms with Crippen LogP contribution in [0.5, 0.6) is 11.5 Å². The molecule has 1 atom stereocenters. The van der Waals surface area contributed by atoms with Crippen LogP contribution in [0.25, 0.3) is 21.5 Å². The second-order valence-electron chi connectivity index (χ2n) is 5.16. The van der Waals surface area contributed by atoms with Crippen molar-refractivity contribution in [1.29, 1.82) is 0 Å². The predicted molar refractivity (Wildman–Crippen MR) is 83.0 cm³/mol. The molecule has 0 fully saturated rings. The third kappa shape index (κ3) is 2.20. The van der Waals surface area contributed by atoms with Gasteiger partial charge in [0.05, 0.1) is 0 Å². The van der Waals surface area contributed by atoms with E-state index in [0.717, 1.165) is 22.3 Å². The van der Waals surface area contributed by atoms with Crippen LogP contribution in [0.2, 0.25) is 0 Å². The lowest BCUT2D eigenvalue weighted by molar-refractivity contribution is -0.112. The van der Waals surface area contributed by atoms with E-state index in [1.54, 1.807) is 0 Å². The van der Waals surface area contributed by atoms with Gasteiger partial charge in [-0.25, -0.2) is 0 Å². The summed E-state index contributed by atoms with van der Waals surface area (Å²) in [5.41, 5.74) is 0. The first-order chi connectivity index (χ1) is 10.3. The van der Waals surface area contributed by atoms with E-state index >= 15 is 0 Å². The van der Waals surface area contributed by atoms with Crippen molar-refractivity contribution in [2.24, 2.45) is 0 Å². The van der Waals surface area contributed by atoms with Crippen molar-refractivity contribution < 1.29 is 14.2 Å². The van der Waals surface area contributed by atoms with E-state index in [0.29, 0.717) is 13.2 Å². The van der Waals surface area contributed by atoms with Gasteiger partial charge in [-0.05, 0) is 52.7 Å². The minimum atomic E-state index is -0.319. The summed E-state index contributed by atoms with van der Waals surface area (Å²) in [6.07, 6.45) is -0.319. The zero-order valence-electron chi connectivity index (χ0n) is 11.8. The van der Waals surface area contributed by atoms with E-state index in [4.69, 9.17) is 14.2 Å². The van der Waals surface area contributed by atoms with E-state index in [1.165, 1.54) is 10.8 Å². The molecule has 4 rings (SSSR count). The topological polar surface area (TPSA) is 27.7 Å². The molecule has 3 heteroatoms. The molecule has 0 bridgehead atoms. The second kappa shape index (κ2) is 4.93. The van der Waals surface area contributed by atoms with Gasteiger partial charge in [0.1, 0.15) is 0 Å². The molecule has 1 aliphatic rings. The van der Waals surface area contributed by atoms with Crippen LogP contribution < -0.4 is 9.47 Å². The number of hydrogen-bond donors (Lipinski definition) is 0. The van der Waals surface area contributed by atoms with Gasteiger partial charge in [0.25, 0.3) is 0 Å². The Labute approximate surface area is 123 Å². The zero-order chi connectivity index (χ0) is 14.2. The molecule has 1 heterocycles. The van der Waals surface area contributed by atoms with Gasteiger partial charge in [-0.15, -0.1) is 0 Å². The molecule has 0 aliphatic carbocycles. The van der Waals surface area contributed by atoms with Crippen LogP contribution in [0.4, 0.5) is 0 Å².